The average Bonchev–Trinajstić information content (AvgIpc) is 3.21. The third-order valence-electron chi connectivity index (χ3n) is 4.97. The summed E-state index contributed by atoms with van der Waals surface area (Å²) >= 11 is 0. The molecule has 1 aromatic carbocycles. The van der Waals surface area contributed by atoms with Gasteiger partial charge in [0.15, 0.2) is 0 Å². The molecule has 6 N–H and O–H groups in total. The van der Waals surface area contributed by atoms with Gasteiger partial charge in [-0.2, -0.15) is 0 Å². The van der Waals surface area contributed by atoms with Crippen LogP contribution in [0.25, 0.3) is 0 Å². The lowest BCUT2D eigenvalue weighted by Gasteiger charge is -2.29. The van der Waals surface area contributed by atoms with E-state index in [4.69, 9.17) is 10.8 Å². The van der Waals surface area contributed by atoms with Crippen molar-refractivity contribution >= 4 is 23.7 Å². The number of carboxylic acids is 1. The predicted molar refractivity (Wildman–Crippen MR) is 107 cm³/mol. The maximum absolute atomic E-state index is 12.9. The van der Waals surface area contributed by atoms with Gasteiger partial charge in [-0.05, 0) is 25.3 Å². The van der Waals surface area contributed by atoms with Gasteiger partial charge in [0.25, 0.3) is 0 Å². The van der Waals surface area contributed by atoms with E-state index in [1.165, 1.54) is 11.8 Å². The second kappa shape index (κ2) is 10.7. The number of rotatable bonds is 9. The van der Waals surface area contributed by atoms with E-state index in [0.717, 1.165) is 5.56 Å². The molecular formula is C20H28N4O6. The Morgan fingerprint density at radius 1 is 1.23 bits per heavy atom. The number of carboxylic acid groups (broad SMARTS) is 1. The summed E-state index contributed by atoms with van der Waals surface area (Å²) in [6, 6.07) is 6.01. The number of nitrogens with two attached hydrogens (primary N) is 1. The number of nitrogens with zero attached hydrogens (tertiary/aromatic N) is 1. The van der Waals surface area contributed by atoms with Crippen LogP contribution in [0.1, 0.15) is 25.3 Å². The molecule has 1 saturated heterocycles. The van der Waals surface area contributed by atoms with Gasteiger partial charge in [-0.25, -0.2) is 0 Å². The zero-order valence-corrected chi connectivity index (χ0v) is 16.8. The molecular weight excluding hydrogens is 392 g/mol. The van der Waals surface area contributed by atoms with Gasteiger partial charge >= 0.3 is 5.97 Å². The maximum Gasteiger partial charge on any atom is 0.322 e. The topological polar surface area (TPSA) is 162 Å². The summed E-state index contributed by atoms with van der Waals surface area (Å²) in [7, 11) is 0. The molecule has 10 nitrogen and oxygen atoms in total. The first kappa shape index (κ1) is 23.3. The number of benzene rings is 1. The van der Waals surface area contributed by atoms with E-state index in [2.05, 4.69) is 10.6 Å². The Morgan fingerprint density at radius 3 is 2.50 bits per heavy atom. The van der Waals surface area contributed by atoms with Gasteiger partial charge < -0.3 is 31.5 Å². The lowest BCUT2D eigenvalue weighted by Crippen LogP contribution is -2.57. The fraction of sp³-hybridized carbons (Fsp3) is 0.500. The SMILES string of the molecule is CC(O)C(N)C(=O)N1CCCC1C(=O)NC(Cc1ccccc1)C(=O)NCC(=O)O. The predicted octanol–water partition coefficient (Wildman–Crippen LogP) is -1.39. The number of nitrogens with one attached hydrogen (secondary N) is 2. The third-order valence-corrected chi connectivity index (χ3v) is 4.97. The molecule has 164 valence electrons. The molecule has 3 amide bonds. The highest BCUT2D eigenvalue weighted by Gasteiger charge is 2.38. The Morgan fingerprint density at radius 2 is 1.90 bits per heavy atom. The molecule has 0 radical (unpaired) electrons. The molecule has 1 aliphatic rings. The molecule has 1 aliphatic heterocycles. The van der Waals surface area contributed by atoms with Crippen molar-refractivity contribution in [3.63, 3.8) is 0 Å². The number of aliphatic hydroxyl groups excluding tert-OH is 1. The van der Waals surface area contributed by atoms with Gasteiger partial charge in [0.1, 0.15) is 24.7 Å². The second-order valence-electron chi connectivity index (χ2n) is 7.32. The first-order valence-electron chi connectivity index (χ1n) is 9.78. The monoisotopic (exact) mass is 420 g/mol. The maximum atomic E-state index is 12.9. The van der Waals surface area contributed by atoms with Crippen molar-refractivity contribution in [1.82, 2.24) is 15.5 Å². The summed E-state index contributed by atoms with van der Waals surface area (Å²) in [5, 5.41) is 23.3. The van der Waals surface area contributed by atoms with E-state index in [9.17, 15) is 24.3 Å². The molecule has 0 bridgehead atoms. The van der Waals surface area contributed by atoms with Crippen molar-refractivity contribution < 1.29 is 29.4 Å². The van der Waals surface area contributed by atoms with Crippen LogP contribution in [-0.2, 0) is 25.6 Å². The van der Waals surface area contributed by atoms with Crippen LogP contribution in [0.5, 0.6) is 0 Å². The van der Waals surface area contributed by atoms with Crippen LogP contribution in [0.2, 0.25) is 0 Å². The van der Waals surface area contributed by atoms with Crippen molar-refractivity contribution in [2.45, 2.75) is 50.4 Å². The highest BCUT2D eigenvalue weighted by atomic mass is 16.4. The quantitative estimate of drug-likeness (QED) is 0.329. The molecule has 4 unspecified atom stereocenters. The Hall–Kier alpha value is -2.98. The Kier molecular flexibility index (Phi) is 8.31. The molecule has 30 heavy (non-hydrogen) atoms. The Bertz CT molecular complexity index is 770. The number of carbonyl (C=O) groups excluding carboxylic acids is 3. The number of likely N-dealkylation sites (tertiary alicyclic amines) is 1. The molecule has 10 heteroatoms. The van der Waals surface area contributed by atoms with Crippen LogP contribution < -0.4 is 16.4 Å². The van der Waals surface area contributed by atoms with E-state index >= 15 is 0 Å². The first-order chi connectivity index (χ1) is 14.2. The number of aliphatic carboxylic acids is 1. The third kappa shape index (κ3) is 6.26. The normalized spacial score (nSPS) is 18.9. The molecule has 1 fully saturated rings. The van der Waals surface area contributed by atoms with Crippen molar-refractivity contribution in [1.29, 1.82) is 0 Å². The van der Waals surface area contributed by atoms with Gasteiger partial charge in [-0.1, -0.05) is 30.3 Å². The molecule has 1 heterocycles. The van der Waals surface area contributed by atoms with Crippen LogP contribution in [0.4, 0.5) is 0 Å². The summed E-state index contributed by atoms with van der Waals surface area (Å²) in [5.41, 5.74) is 6.51. The minimum atomic E-state index is -1.20. The Balaban J connectivity index is 2.12. The lowest BCUT2D eigenvalue weighted by molar-refractivity contribution is -0.142. The minimum absolute atomic E-state index is 0.159. The summed E-state index contributed by atoms with van der Waals surface area (Å²) < 4.78 is 0. The number of hydrogen-bond acceptors (Lipinski definition) is 6. The number of amides is 3. The molecule has 0 saturated carbocycles. The van der Waals surface area contributed by atoms with Crippen LogP contribution in [-0.4, -0.2) is 76.1 Å². The lowest BCUT2D eigenvalue weighted by atomic mass is 10.0. The zero-order chi connectivity index (χ0) is 22.3. The average molecular weight is 420 g/mol. The Labute approximate surface area is 174 Å². The molecule has 1 aromatic rings. The molecule has 2 rings (SSSR count). The van der Waals surface area contributed by atoms with Crippen LogP contribution in [0, 0.1) is 0 Å². The molecule has 0 aliphatic carbocycles. The van der Waals surface area contributed by atoms with Crippen molar-refractivity contribution in [2.75, 3.05) is 13.1 Å². The summed E-state index contributed by atoms with van der Waals surface area (Å²) in [4.78, 5) is 50.0. The molecule has 0 spiro atoms. The fourth-order valence-corrected chi connectivity index (χ4v) is 3.31. The van der Waals surface area contributed by atoms with Crippen LogP contribution in [0.15, 0.2) is 30.3 Å². The van der Waals surface area contributed by atoms with Crippen molar-refractivity contribution in [2.24, 2.45) is 5.73 Å². The smallest absolute Gasteiger partial charge is 0.322 e. The largest absolute Gasteiger partial charge is 0.480 e. The highest BCUT2D eigenvalue weighted by molar-refractivity contribution is 5.94. The summed E-state index contributed by atoms with van der Waals surface area (Å²) in [5.74, 6) is -2.89. The van der Waals surface area contributed by atoms with E-state index < -0.39 is 54.5 Å². The van der Waals surface area contributed by atoms with Gasteiger partial charge in [-0.15, -0.1) is 0 Å². The number of hydrogen-bond donors (Lipinski definition) is 5. The number of aliphatic hydroxyl groups is 1. The second-order valence-corrected chi connectivity index (χ2v) is 7.32. The van der Waals surface area contributed by atoms with Crippen molar-refractivity contribution in [3.05, 3.63) is 35.9 Å². The van der Waals surface area contributed by atoms with Crippen LogP contribution >= 0.6 is 0 Å². The first-order valence-corrected chi connectivity index (χ1v) is 9.78. The number of carbonyl (C=O) groups is 4. The van der Waals surface area contributed by atoms with Crippen molar-refractivity contribution in [3.8, 4) is 0 Å². The fourth-order valence-electron chi connectivity index (χ4n) is 3.31. The zero-order valence-electron chi connectivity index (χ0n) is 16.8. The summed E-state index contributed by atoms with van der Waals surface area (Å²) in [6.07, 6.45) is 0.0878. The van der Waals surface area contributed by atoms with Gasteiger partial charge in [0, 0.05) is 13.0 Å². The molecule has 0 aromatic heterocycles. The highest BCUT2D eigenvalue weighted by Crippen LogP contribution is 2.19. The summed E-state index contributed by atoms with van der Waals surface area (Å²) in [6.45, 7) is 1.15. The minimum Gasteiger partial charge on any atom is -0.480 e. The molecule has 4 atom stereocenters. The van der Waals surface area contributed by atoms with E-state index in [0.29, 0.717) is 19.4 Å². The van der Waals surface area contributed by atoms with E-state index in [1.54, 1.807) is 24.3 Å². The van der Waals surface area contributed by atoms with Gasteiger partial charge in [0.2, 0.25) is 17.7 Å². The van der Waals surface area contributed by atoms with E-state index in [1.807, 2.05) is 6.07 Å². The van der Waals surface area contributed by atoms with Crippen LogP contribution in [0.3, 0.4) is 0 Å². The van der Waals surface area contributed by atoms with E-state index in [-0.39, 0.29) is 6.42 Å². The van der Waals surface area contributed by atoms with Gasteiger partial charge in [-0.3, -0.25) is 19.2 Å². The standard InChI is InChI=1S/C20H28N4O6/c1-12(25)17(21)20(30)24-9-5-8-15(24)19(29)23-14(18(28)22-11-16(26)27)10-13-6-3-2-4-7-13/h2-4,6-7,12,14-15,17,25H,5,8-11,21H2,1H3,(H,22,28)(H,23,29)(H,26,27). The van der Waals surface area contributed by atoms with Gasteiger partial charge in [0.05, 0.1) is 6.10 Å².